The molecule has 0 radical (unpaired) electrons. The van der Waals surface area contributed by atoms with Crippen LogP contribution in [0.3, 0.4) is 0 Å². The van der Waals surface area contributed by atoms with Gasteiger partial charge in [0.2, 0.25) is 5.91 Å². The number of nitrogens with zero attached hydrogens (tertiary/aromatic N) is 3. The Hall–Kier alpha value is -2.15. The fraction of sp³-hybridized carbons (Fsp3) is 0.533. The van der Waals surface area contributed by atoms with Crippen molar-refractivity contribution in [3.8, 4) is 0 Å². The van der Waals surface area contributed by atoms with E-state index in [1.54, 1.807) is 13.3 Å². The number of carbonyl (C=O) groups excluding carboxylic acids is 1. The third-order valence-electron chi connectivity index (χ3n) is 3.59. The van der Waals surface area contributed by atoms with Gasteiger partial charge in [-0.3, -0.25) is 4.79 Å². The van der Waals surface area contributed by atoms with E-state index in [0.29, 0.717) is 25.5 Å². The second kappa shape index (κ2) is 7.22. The van der Waals surface area contributed by atoms with E-state index in [9.17, 15) is 4.79 Å². The smallest absolute Gasteiger partial charge is 0.224 e. The Morgan fingerprint density at radius 1 is 1.41 bits per heavy atom. The monoisotopic (exact) mass is 306 g/mol. The zero-order valence-electron chi connectivity index (χ0n) is 13.5. The summed E-state index contributed by atoms with van der Waals surface area (Å²) >= 11 is 0. The van der Waals surface area contributed by atoms with Gasteiger partial charge in [0.05, 0.1) is 12.1 Å². The molecule has 7 heteroatoms. The highest BCUT2D eigenvalue weighted by atomic mass is 16.5. The van der Waals surface area contributed by atoms with Gasteiger partial charge >= 0.3 is 0 Å². The number of carbonyl (C=O) groups is 1. The van der Waals surface area contributed by atoms with Gasteiger partial charge in [-0.15, -0.1) is 0 Å². The number of aromatic nitrogens is 3. The normalized spacial score (nSPS) is 10.9. The van der Waals surface area contributed by atoms with Gasteiger partial charge in [0.25, 0.3) is 0 Å². The van der Waals surface area contributed by atoms with Crippen molar-refractivity contribution in [1.29, 1.82) is 0 Å². The van der Waals surface area contributed by atoms with Crippen molar-refractivity contribution in [3.05, 3.63) is 34.7 Å². The Morgan fingerprint density at radius 2 is 2.18 bits per heavy atom. The van der Waals surface area contributed by atoms with E-state index in [-0.39, 0.29) is 12.3 Å². The molecule has 1 amide bonds. The summed E-state index contributed by atoms with van der Waals surface area (Å²) < 4.78 is 12.2. The van der Waals surface area contributed by atoms with Gasteiger partial charge < -0.3 is 19.1 Å². The Balaban J connectivity index is 1.86. The van der Waals surface area contributed by atoms with E-state index in [1.807, 2.05) is 25.3 Å². The van der Waals surface area contributed by atoms with Crippen molar-refractivity contribution in [1.82, 2.24) is 20.0 Å². The van der Waals surface area contributed by atoms with Gasteiger partial charge in [-0.05, 0) is 20.8 Å². The molecular formula is C15H22N4O3. The van der Waals surface area contributed by atoms with E-state index >= 15 is 0 Å². The standard InChI is InChI=1S/C15H22N4O3/c1-10-8-17-14(9-21-4)19(10)6-5-16-15(20)7-13-11(2)18-22-12(13)3/h8H,5-7,9H2,1-4H3,(H,16,20). The van der Waals surface area contributed by atoms with Crippen LogP contribution in [0.4, 0.5) is 0 Å². The number of hydrogen-bond acceptors (Lipinski definition) is 5. The molecule has 0 fully saturated rings. The maximum Gasteiger partial charge on any atom is 0.224 e. The van der Waals surface area contributed by atoms with Crippen LogP contribution in [0.15, 0.2) is 10.7 Å². The summed E-state index contributed by atoms with van der Waals surface area (Å²) in [5, 5.41) is 6.76. The molecule has 2 aromatic heterocycles. The van der Waals surface area contributed by atoms with Gasteiger partial charge in [0.15, 0.2) is 0 Å². The van der Waals surface area contributed by atoms with Crippen LogP contribution < -0.4 is 5.32 Å². The molecule has 0 aliphatic rings. The number of hydrogen-bond donors (Lipinski definition) is 1. The van der Waals surface area contributed by atoms with Gasteiger partial charge in [-0.1, -0.05) is 5.16 Å². The molecule has 0 atom stereocenters. The fourth-order valence-electron chi connectivity index (χ4n) is 2.35. The van der Waals surface area contributed by atoms with Crippen LogP contribution in [-0.4, -0.2) is 34.3 Å². The summed E-state index contributed by atoms with van der Waals surface area (Å²) in [4.78, 5) is 16.3. The predicted molar refractivity (Wildman–Crippen MR) is 80.4 cm³/mol. The maximum absolute atomic E-state index is 12.0. The van der Waals surface area contributed by atoms with E-state index < -0.39 is 0 Å². The Morgan fingerprint density at radius 3 is 2.82 bits per heavy atom. The van der Waals surface area contributed by atoms with Crippen LogP contribution in [0.25, 0.3) is 0 Å². The number of aryl methyl sites for hydroxylation is 3. The summed E-state index contributed by atoms with van der Waals surface area (Å²) in [6.07, 6.45) is 2.09. The third kappa shape index (κ3) is 3.73. The van der Waals surface area contributed by atoms with E-state index in [1.165, 1.54) is 0 Å². The number of nitrogens with one attached hydrogen (secondary N) is 1. The number of methoxy groups -OCH3 is 1. The summed E-state index contributed by atoms with van der Waals surface area (Å²) in [5.41, 5.74) is 2.67. The minimum atomic E-state index is -0.0412. The van der Waals surface area contributed by atoms with Crippen LogP contribution in [0, 0.1) is 20.8 Å². The minimum absolute atomic E-state index is 0.0412. The topological polar surface area (TPSA) is 82.2 Å². The van der Waals surface area contributed by atoms with Crippen molar-refractivity contribution in [2.45, 2.75) is 40.3 Å². The molecule has 0 aromatic carbocycles. The number of imidazole rings is 1. The maximum atomic E-state index is 12.0. The van der Waals surface area contributed by atoms with Crippen LogP contribution in [0.2, 0.25) is 0 Å². The first-order valence-corrected chi connectivity index (χ1v) is 7.21. The summed E-state index contributed by atoms with van der Waals surface area (Å²) in [7, 11) is 1.64. The number of amides is 1. The van der Waals surface area contributed by atoms with Gasteiger partial charge in [0, 0.05) is 37.7 Å². The molecule has 0 aliphatic carbocycles. The minimum Gasteiger partial charge on any atom is -0.377 e. The largest absolute Gasteiger partial charge is 0.377 e. The van der Waals surface area contributed by atoms with Gasteiger partial charge in [-0.25, -0.2) is 4.98 Å². The summed E-state index contributed by atoms with van der Waals surface area (Å²) in [6.45, 7) is 7.30. The zero-order chi connectivity index (χ0) is 16.1. The molecule has 0 aliphatic heterocycles. The molecule has 0 bridgehead atoms. The van der Waals surface area contributed by atoms with Crippen LogP contribution in [0.5, 0.6) is 0 Å². The highest BCUT2D eigenvalue weighted by Gasteiger charge is 2.13. The average molecular weight is 306 g/mol. The third-order valence-corrected chi connectivity index (χ3v) is 3.59. The molecule has 0 saturated carbocycles. The Bertz CT molecular complexity index is 626. The Labute approximate surface area is 129 Å². The molecule has 22 heavy (non-hydrogen) atoms. The van der Waals surface area contributed by atoms with E-state index in [4.69, 9.17) is 9.26 Å². The predicted octanol–water partition coefficient (Wildman–Crippen LogP) is 1.30. The molecule has 2 aromatic rings. The van der Waals surface area contributed by atoms with Crippen molar-refractivity contribution in [2.24, 2.45) is 0 Å². The highest BCUT2D eigenvalue weighted by molar-refractivity contribution is 5.78. The second-order valence-electron chi connectivity index (χ2n) is 5.23. The van der Waals surface area contributed by atoms with Crippen LogP contribution in [-0.2, 0) is 29.1 Å². The molecule has 2 heterocycles. The second-order valence-corrected chi connectivity index (χ2v) is 5.23. The first-order valence-electron chi connectivity index (χ1n) is 7.21. The van der Waals surface area contributed by atoms with Crippen LogP contribution in [0.1, 0.15) is 28.5 Å². The first-order chi connectivity index (χ1) is 10.5. The van der Waals surface area contributed by atoms with Crippen molar-refractivity contribution >= 4 is 5.91 Å². The van der Waals surface area contributed by atoms with Gasteiger partial charge in [0.1, 0.15) is 18.2 Å². The Kier molecular flexibility index (Phi) is 5.32. The average Bonchev–Trinajstić information content (AvgIpc) is 2.98. The lowest BCUT2D eigenvalue weighted by Gasteiger charge is -2.10. The van der Waals surface area contributed by atoms with Crippen LogP contribution >= 0.6 is 0 Å². The molecule has 7 nitrogen and oxygen atoms in total. The lowest BCUT2D eigenvalue weighted by molar-refractivity contribution is -0.120. The molecule has 120 valence electrons. The number of ether oxygens (including phenoxy) is 1. The summed E-state index contributed by atoms with van der Waals surface area (Å²) in [6, 6.07) is 0. The molecular weight excluding hydrogens is 284 g/mol. The lowest BCUT2D eigenvalue weighted by Crippen LogP contribution is -2.29. The molecule has 0 unspecified atom stereocenters. The highest BCUT2D eigenvalue weighted by Crippen LogP contribution is 2.12. The summed E-state index contributed by atoms with van der Waals surface area (Å²) in [5.74, 6) is 1.51. The fourth-order valence-corrected chi connectivity index (χ4v) is 2.35. The van der Waals surface area contributed by atoms with E-state index in [0.717, 1.165) is 22.8 Å². The molecule has 2 rings (SSSR count). The van der Waals surface area contributed by atoms with E-state index in [2.05, 4.69) is 15.5 Å². The molecule has 0 spiro atoms. The van der Waals surface area contributed by atoms with Crippen molar-refractivity contribution in [2.75, 3.05) is 13.7 Å². The quantitative estimate of drug-likeness (QED) is 0.834. The lowest BCUT2D eigenvalue weighted by atomic mass is 10.1. The van der Waals surface area contributed by atoms with Crippen molar-refractivity contribution in [3.63, 3.8) is 0 Å². The number of rotatable bonds is 7. The van der Waals surface area contributed by atoms with Crippen molar-refractivity contribution < 1.29 is 14.1 Å². The first kappa shape index (κ1) is 16.2. The zero-order valence-corrected chi connectivity index (χ0v) is 13.5. The van der Waals surface area contributed by atoms with Gasteiger partial charge in [-0.2, -0.15) is 0 Å². The molecule has 1 N–H and O–H groups in total. The molecule has 0 saturated heterocycles. The SMILES string of the molecule is COCc1ncc(C)n1CCNC(=O)Cc1c(C)noc1C.